The van der Waals surface area contributed by atoms with Gasteiger partial charge in [0.25, 0.3) is 0 Å². The minimum Gasteiger partial charge on any atom is -0.512 e. The van der Waals surface area contributed by atoms with Gasteiger partial charge in [0, 0.05) is 131 Å². The first-order chi connectivity index (χ1) is 62.1. The van der Waals surface area contributed by atoms with Crippen LogP contribution in [0.4, 0.5) is 0 Å². The van der Waals surface area contributed by atoms with Gasteiger partial charge in [0.05, 0.1) is 56.4 Å². The number of fused-ring (bicyclic) bond motifs is 5. The average Bonchev–Trinajstić information content (AvgIpc) is 0.783. The Balaban J connectivity index is 0.000000781. The molecule has 0 atom stereocenters. The van der Waals surface area contributed by atoms with E-state index >= 15 is 0 Å². The van der Waals surface area contributed by atoms with Gasteiger partial charge in [0.1, 0.15) is 0 Å². The Morgan fingerprint density at radius 3 is 0.803 bits per heavy atom. The summed E-state index contributed by atoms with van der Waals surface area (Å²) in [4.78, 5) is 74.2. The third-order valence-electron chi connectivity index (χ3n) is 19.9. The molecule has 15 nitrogen and oxygen atoms in total. The van der Waals surface area contributed by atoms with Crippen LogP contribution in [0.25, 0.3) is 111 Å². The second-order valence-corrected chi connectivity index (χ2v) is 33.4. The van der Waals surface area contributed by atoms with Crippen molar-refractivity contribution < 1.29 is 150 Å². The molecule has 5 heterocycles. The van der Waals surface area contributed by atoms with Crippen LogP contribution < -0.4 is 0 Å². The van der Waals surface area contributed by atoms with Crippen LogP contribution >= 0.6 is 0 Å². The van der Waals surface area contributed by atoms with Gasteiger partial charge in [-0.3, -0.25) is 48.9 Å². The number of benzene rings is 10. The summed E-state index contributed by atoms with van der Waals surface area (Å²) < 4.78 is 0. The zero-order valence-electron chi connectivity index (χ0n) is 83.1. The van der Waals surface area contributed by atoms with Crippen molar-refractivity contribution in [1.82, 2.24) is 24.9 Å². The summed E-state index contributed by atoms with van der Waals surface area (Å²) in [5, 5.41) is 47.8. The number of rotatable bonds is 10. The summed E-state index contributed by atoms with van der Waals surface area (Å²) >= 11 is 0. The number of aromatic nitrogens is 5. The van der Waals surface area contributed by atoms with Gasteiger partial charge in [-0.15, -0.1) is 176 Å². The second kappa shape index (κ2) is 60.3. The third kappa shape index (κ3) is 41.8. The molecule has 10 aromatic carbocycles. The summed E-state index contributed by atoms with van der Waals surface area (Å²) in [6.45, 7) is 50.1. The maximum absolute atomic E-state index is 10.0. The van der Waals surface area contributed by atoms with E-state index in [9.17, 15) is 24.0 Å². The van der Waals surface area contributed by atoms with Crippen molar-refractivity contribution in [3.8, 4) is 56.3 Å². The maximum atomic E-state index is 10.0. The van der Waals surface area contributed by atoms with E-state index in [0.717, 1.165) is 83.9 Å². The SMILES string of the molecule is CC(=O)C=C(C)O.CC(=O)C=C(C)O.CC(=O)C=C(C)O.CC(=O)C=C(C)O.CC(=O)C=C(C)O.Cc1c[c-]c(-c2nc3ccc(C)cc3cc2C)c(C)c1.Cc1c[c-]c(-c2nc3ccc(C)cc3cc2C)cc1.Cc1cc[c-]c(-c2nc3ccc(C)cc3cc2C)c1.Cc1ccc2nc(-c3[c-]ccc(C)c3C)c(C)cc2c1.Cc1ccc2nc(-c3[c-]cccc3C)c(C)cc2c1.[Ir].[Ir].[Ir].[Ir].[Ir]. The van der Waals surface area contributed by atoms with E-state index < -0.39 is 0 Å². The van der Waals surface area contributed by atoms with E-state index in [0.29, 0.717) is 0 Å². The zero-order valence-corrected chi connectivity index (χ0v) is 95.1. The maximum Gasteiger partial charge on any atom is 0.155 e. The monoisotopic (exact) mass is 2720 g/mol. The molecule has 0 amide bonds. The van der Waals surface area contributed by atoms with Gasteiger partial charge in [-0.05, 0) is 255 Å². The van der Waals surface area contributed by atoms with Crippen molar-refractivity contribution in [2.45, 2.75) is 187 Å². The number of carbonyl (C=O) groups is 5. The number of hydrogen-bond donors (Lipinski definition) is 5. The molecule has 0 spiro atoms. The van der Waals surface area contributed by atoms with Crippen LogP contribution in [0.15, 0.2) is 259 Å². The van der Waals surface area contributed by atoms with E-state index in [-0.39, 0.29) is 158 Å². The molecule has 0 aliphatic heterocycles. The Labute approximate surface area is 878 Å². The average molecular weight is 2720 g/mol. The molecule has 0 saturated heterocycles. The molecule has 5 N–H and O–H groups in total. The number of allylic oxidation sites excluding steroid dienone is 10. The Kier molecular flexibility index (Phi) is 54.4. The standard InChI is InChI=1S/2C19H18N.3C18H16N.5C5H8O2.5Ir/c1-12-5-7-17(14(3)9-12)19-15(4)11-16-10-13(2)6-8-18(16)20-19;1-12-8-9-18-16(10-12)11-14(3)19(20-18)17-7-5-6-13(2)15(17)4;1-12-4-7-15(8-5-12)18-14(3)11-16-10-13(2)6-9-17(16)19-18;1-12-5-4-6-15(9-12)18-14(3)11-16-10-13(2)7-8-17(16)19-18;1-12-8-9-17-15(10-12)11-14(3)18(19-17)16-7-5-4-6-13(16)2;5*1-4(6)3-5(2)7;;;;;/h2*5-6,8-11H,1-4H3;4-7,9-11H,1-3H3;4-5,7-11H,1-3H3;4-6,8-11H,1-3H3;5*3,6H,1-2H3;;;;;/q5*-1;;;;;;;;;;. The van der Waals surface area contributed by atoms with Crippen LogP contribution in [0, 0.1) is 148 Å². The van der Waals surface area contributed by atoms with Crippen molar-refractivity contribution in [3.05, 3.63) is 384 Å². The zero-order chi connectivity index (χ0) is 98.1. The molecular weight excluding hydrogens is 2600 g/mol. The largest absolute Gasteiger partial charge is 0.512 e. The summed E-state index contributed by atoms with van der Waals surface area (Å²) in [5.74, 6) is -0.312. The topological polar surface area (TPSA) is 251 Å². The van der Waals surface area contributed by atoms with Gasteiger partial charge in [0.2, 0.25) is 0 Å². The molecule has 0 aliphatic carbocycles. The van der Waals surface area contributed by atoms with E-state index in [1.807, 2.05) is 36.4 Å². The molecular formula is C117H124Ir5N5O10-5. The first-order valence-electron chi connectivity index (χ1n) is 43.4. The van der Waals surface area contributed by atoms with Crippen LogP contribution in [-0.4, -0.2) is 79.4 Å². The van der Waals surface area contributed by atoms with Crippen LogP contribution in [0.2, 0.25) is 0 Å². The van der Waals surface area contributed by atoms with Gasteiger partial charge in [-0.1, -0.05) is 165 Å². The minimum absolute atomic E-state index is 0. The Bertz CT molecular complexity index is 6670. The van der Waals surface area contributed by atoms with Crippen LogP contribution in [-0.2, 0) is 124 Å². The van der Waals surface area contributed by atoms with Crippen molar-refractivity contribution in [2.24, 2.45) is 0 Å². The number of hydrogen-bond acceptors (Lipinski definition) is 15. The molecule has 15 aromatic rings. The van der Waals surface area contributed by atoms with Crippen LogP contribution in [0.1, 0.15) is 164 Å². The fraction of sp³-hybridized carbons (Fsp3) is 0.231. The first kappa shape index (κ1) is 124. The third-order valence-corrected chi connectivity index (χ3v) is 19.9. The van der Waals surface area contributed by atoms with Crippen LogP contribution in [0.5, 0.6) is 0 Å². The Morgan fingerprint density at radius 2 is 0.511 bits per heavy atom. The van der Waals surface area contributed by atoms with Gasteiger partial charge < -0.3 is 25.5 Å². The number of aryl methyl sites for hydroxylation is 16. The van der Waals surface area contributed by atoms with Gasteiger partial charge in [0.15, 0.2) is 28.9 Å². The summed E-state index contributed by atoms with van der Waals surface area (Å²) in [6, 6.07) is 86.3. The number of carbonyl (C=O) groups excluding carboxylic acids is 5. The molecule has 0 bridgehead atoms. The molecule has 0 saturated carbocycles. The molecule has 137 heavy (non-hydrogen) atoms. The molecule has 15 rings (SSSR count). The molecule has 0 unspecified atom stereocenters. The van der Waals surface area contributed by atoms with Gasteiger partial charge in [-0.25, -0.2) is 0 Å². The Morgan fingerprint density at radius 1 is 0.234 bits per heavy atom. The molecule has 727 valence electrons. The van der Waals surface area contributed by atoms with E-state index in [1.54, 1.807) is 0 Å². The minimum atomic E-state index is -0.125. The van der Waals surface area contributed by atoms with E-state index in [4.69, 9.17) is 50.5 Å². The fourth-order valence-corrected chi connectivity index (χ4v) is 13.9. The van der Waals surface area contributed by atoms with Crippen LogP contribution in [0.3, 0.4) is 0 Å². The molecule has 0 fully saturated rings. The molecule has 5 aromatic heterocycles. The predicted molar refractivity (Wildman–Crippen MR) is 546 cm³/mol. The predicted octanol–water partition coefficient (Wildman–Crippen LogP) is 28.9. The molecule has 0 aliphatic rings. The second-order valence-electron chi connectivity index (χ2n) is 33.4. The summed E-state index contributed by atoms with van der Waals surface area (Å²) in [6.07, 6.45) is 5.83. The number of nitrogens with zero attached hydrogens (tertiary/aromatic N) is 5. The number of pyridine rings is 5. The van der Waals surface area contributed by atoms with E-state index in [2.05, 4.69) is 312 Å². The molecule has 20 heteroatoms. The quantitative estimate of drug-likeness (QED) is 0.0485. The van der Waals surface area contributed by atoms with Crippen molar-refractivity contribution in [2.75, 3.05) is 0 Å². The van der Waals surface area contributed by atoms with Gasteiger partial charge in [-0.2, -0.15) is 0 Å². The van der Waals surface area contributed by atoms with Gasteiger partial charge >= 0.3 is 0 Å². The van der Waals surface area contributed by atoms with E-state index in [1.165, 1.54) is 221 Å². The number of aliphatic hydroxyl groups excluding tert-OH is 5. The fourth-order valence-electron chi connectivity index (χ4n) is 13.9. The van der Waals surface area contributed by atoms with Crippen molar-refractivity contribution in [3.63, 3.8) is 0 Å². The summed E-state index contributed by atoms with van der Waals surface area (Å²) in [7, 11) is 0. The number of aliphatic hydroxyl groups is 5. The molecule has 5 radical (unpaired) electrons. The normalized spacial score (nSPS) is 10.7. The Hall–Kier alpha value is -11.5. The summed E-state index contributed by atoms with van der Waals surface area (Å²) in [5.41, 5.74) is 36.8. The first-order valence-corrected chi connectivity index (χ1v) is 43.4. The number of ketones is 5. The van der Waals surface area contributed by atoms with Crippen molar-refractivity contribution >= 4 is 83.4 Å². The van der Waals surface area contributed by atoms with Crippen molar-refractivity contribution in [1.29, 1.82) is 0 Å². The smallest absolute Gasteiger partial charge is 0.155 e.